The molecule has 2 saturated heterocycles. The van der Waals surface area contributed by atoms with E-state index in [1.54, 1.807) is 30.6 Å². The number of amides is 3. The van der Waals surface area contributed by atoms with E-state index in [9.17, 15) is 18.8 Å². The number of nitrogens with one attached hydrogen (secondary N) is 1. The summed E-state index contributed by atoms with van der Waals surface area (Å²) in [4.78, 5) is 41.4. The summed E-state index contributed by atoms with van der Waals surface area (Å²) in [6.07, 6.45) is -1.21. The first-order valence-corrected chi connectivity index (χ1v) is 12.3. The van der Waals surface area contributed by atoms with Crippen LogP contribution in [0.5, 0.6) is 5.75 Å². The Morgan fingerprint density at radius 3 is 2.41 bits per heavy atom. The number of ether oxygens (including phenoxy) is 3. The second-order valence-electron chi connectivity index (χ2n) is 10.1. The summed E-state index contributed by atoms with van der Waals surface area (Å²) in [5.74, 6) is -0.282. The molecule has 0 saturated carbocycles. The molecule has 2 aromatic rings. The van der Waals surface area contributed by atoms with Crippen molar-refractivity contribution < 1.29 is 33.0 Å². The Morgan fingerprint density at radius 1 is 1.03 bits per heavy atom. The van der Waals surface area contributed by atoms with Crippen LogP contribution in [0.25, 0.3) is 0 Å². The van der Waals surface area contributed by atoms with Crippen LogP contribution < -0.4 is 10.1 Å². The molecule has 0 spiro atoms. The van der Waals surface area contributed by atoms with Crippen molar-refractivity contribution in [1.82, 2.24) is 15.1 Å². The fraction of sp³-hybridized carbons (Fsp3) is 0.444. The number of nitrogens with zero attached hydrogens (tertiary/aromatic N) is 2. The minimum absolute atomic E-state index is 0.125. The Labute approximate surface area is 215 Å². The topological polar surface area (TPSA) is 97.4 Å². The van der Waals surface area contributed by atoms with Crippen LogP contribution in [0.2, 0.25) is 0 Å². The van der Waals surface area contributed by atoms with Crippen molar-refractivity contribution >= 4 is 18.1 Å². The lowest BCUT2D eigenvalue weighted by molar-refractivity contribution is -0.131. The first kappa shape index (κ1) is 26.2. The summed E-state index contributed by atoms with van der Waals surface area (Å²) in [7, 11) is 0. The van der Waals surface area contributed by atoms with Gasteiger partial charge in [-0.2, -0.15) is 0 Å². The van der Waals surface area contributed by atoms with E-state index >= 15 is 0 Å². The molecule has 0 bridgehead atoms. The predicted molar refractivity (Wildman–Crippen MR) is 132 cm³/mol. The molecule has 9 nitrogen and oxygen atoms in total. The number of likely N-dealkylation sites (tertiary alicyclic amines) is 2. The third-order valence-corrected chi connectivity index (χ3v) is 6.22. The first-order chi connectivity index (χ1) is 17.6. The van der Waals surface area contributed by atoms with Crippen LogP contribution in [0.3, 0.4) is 0 Å². The number of benzene rings is 2. The second-order valence-corrected chi connectivity index (χ2v) is 10.1. The van der Waals surface area contributed by atoms with Gasteiger partial charge in [0.15, 0.2) is 0 Å². The number of carbonyl (C=O) groups excluding carboxylic acids is 3. The molecule has 3 amide bonds. The Kier molecular flexibility index (Phi) is 7.85. The summed E-state index contributed by atoms with van der Waals surface area (Å²) in [5.41, 5.74) is 0.175. The monoisotopic (exact) mass is 513 g/mol. The predicted octanol–water partition coefficient (Wildman–Crippen LogP) is 3.72. The van der Waals surface area contributed by atoms with Gasteiger partial charge in [0.05, 0.1) is 18.6 Å². The van der Waals surface area contributed by atoms with E-state index in [0.29, 0.717) is 18.7 Å². The molecule has 0 unspecified atom stereocenters. The highest BCUT2D eigenvalue weighted by Gasteiger charge is 2.53. The van der Waals surface area contributed by atoms with Gasteiger partial charge in [-0.15, -0.1) is 0 Å². The van der Waals surface area contributed by atoms with Crippen molar-refractivity contribution in [2.24, 2.45) is 0 Å². The van der Waals surface area contributed by atoms with Gasteiger partial charge < -0.3 is 24.4 Å². The zero-order valence-electron chi connectivity index (χ0n) is 21.2. The molecule has 4 rings (SSSR count). The van der Waals surface area contributed by atoms with Crippen LogP contribution in [0.1, 0.15) is 32.8 Å². The lowest BCUT2D eigenvalue weighted by Gasteiger charge is -2.28. The minimum atomic E-state index is -0.688. The minimum Gasteiger partial charge on any atom is -0.486 e. The molecule has 10 heteroatoms. The molecule has 2 aromatic carbocycles. The van der Waals surface area contributed by atoms with Gasteiger partial charge in [0.25, 0.3) is 0 Å². The van der Waals surface area contributed by atoms with Crippen molar-refractivity contribution in [3.05, 3.63) is 66.0 Å². The van der Waals surface area contributed by atoms with Crippen molar-refractivity contribution in [3.63, 3.8) is 0 Å². The van der Waals surface area contributed by atoms with Gasteiger partial charge in [0.2, 0.25) is 5.91 Å². The van der Waals surface area contributed by atoms with Crippen molar-refractivity contribution in [1.29, 1.82) is 0 Å². The van der Waals surface area contributed by atoms with E-state index in [2.05, 4.69) is 5.32 Å². The molecular weight excluding hydrogens is 481 g/mol. The number of carbonyl (C=O) groups is 3. The van der Waals surface area contributed by atoms with Crippen molar-refractivity contribution in [2.45, 2.75) is 57.6 Å². The van der Waals surface area contributed by atoms with Crippen LogP contribution in [-0.2, 0) is 20.9 Å². The number of rotatable bonds is 6. The van der Waals surface area contributed by atoms with E-state index in [-0.39, 0.29) is 31.6 Å². The largest absolute Gasteiger partial charge is 0.486 e. The molecule has 0 aliphatic carbocycles. The standard InChI is InChI=1S/C27H32FN3O6/c1-27(2,3)37-25(33)29-15-23(32)31-16-22(36-20-11-9-19(28)10-12-20)24-21(31)13-14-30(24)26(34)35-17-18-7-5-4-6-8-18/h4-12,21-22,24H,13-17H2,1-3H3,(H,29,33)/t21-,22+,24+/m1/s1. The summed E-state index contributed by atoms with van der Waals surface area (Å²) < 4.78 is 30.3. The van der Waals surface area contributed by atoms with Crippen LogP contribution >= 0.6 is 0 Å². The third-order valence-electron chi connectivity index (χ3n) is 6.22. The number of hydrogen-bond donors (Lipinski definition) is 1. The number of fused-ring (bicyclic) bond motifs is 1. The van der Waals surface area contributed by atoms with Gasteiger partial charge in [-0.05, 0) is 57.0 Å². The second kappa shape index (κ2) is 11.1. The average molecular weight is 514 g/mol. The molecule has 0 aromatic heterocycles. The molecule has 1 N–H and O–H groups in total. The molecule has 37 heavy (non-hydrogen) atoms. The lowest BCUT2D eigenvalue weighted by Crippen LogP contribution is -2.47. The van der Waals surface area contributed by atoms with Gasteiger partial charge in [-0.1, -0.05) is 30.3 Å². The Balaban J connectivity index is 1.46. The summed E-state index contributed by atoms with van der Waals surface area (Å²) >= 11 is 0. The van der Waals surface area contributed by atoms with Gasteiger partial charge in [0, 0.05) is 6.54 Å². The van der Waals surface area contributed by atoms with E-state index in [0.717, 1.165) is 5.56 Å². The van der Waals surface area contributed by atoms with Crippen molar-refractivity contribution in [3.8, 4) is 5.75 Å². The number of alkyl carbamates (subject to hydrolysis) is 1. The highest BCUT2D eigenvalue weighted by atomic mass is 19.1. The third kappa shape index (κ3) is 6.69. The molecule has 2 aliphatic rings. The zero-order chi connectivity index (χ0) is 26.6. The van der Waals surface area contributed by atoms with Crippen LogP contribution in [0.15, 0.2) is 54.6 Å². The fourth-order valence-corrected chi connectivity index (χ4v) is 4.69. The molecule has 198 valence electrons. The maximum atomic E-state index is 13.4. The Morgan fingerprint density at radius 2 is 1.73 bits per heavy atom. The fourth-order valence-electron chi connectivity index (χ4n) is 4.69. The van der Waals surface area contributed by atoms with E-state index < -0.39 is 35.8 Å². The van der Waals surface area contributed by atoms with E-state index in [4.69, 9.17) is 14.2 Å². The van der Waals surface area contributed by atoms with Gasteiger partial charge in [-0.25, -0.2) is 14.0 Å². The molecule has 2 fully saturated rings. The first-order valence-electron chi connectivity index (χ1n) is 12.3. The van der Waals surface area contributed by atoms with Crippen LogP contribution in [-0.4, -0.2) is 71.3 Å². The lowest BCUT2D eigenvalue weighted by atomic mass is 10.1. The van der Waals surface area contributed by atoms with Gasteiger partial charge in [-0.3, -0.25) is 9.69 Å². The molecule has 2 aliphatic heterocycles. The smallest absolute Gasteiger partial charge is 0.410 e. The maximum absolute atomic E-state index is 13.4. The Bertz CT molecular complexity index is 1110. The summed E-state index contributed by atoms with van der Waals surface area (Å²) in [6, 6.07) is 14.2. The normalized spacial score (nSPS) is 20.8. The molecular formula is C27H32FN3O6. The molecule has 0 radical (unpaired) electrons. The summed E-state index contributed by atoms with van der Waals surface area (Å²) in [6.45, 7) is 5.67. The SMILES string of the molecule is CC(C)(C)OC(=O)NCC(=O)N1C[C@H](Oc2ccc(F)cc2)[C@@H]2[C@H]1CCN2C(=O)OCc1ccccc1. The van der Waals surface area contributed by atoms with Crippen LogP contribution in [0.4, 0.5) is 14.0 Å². The highest BCUT2D eigenvalue weighted by molar-refractivity contribution is 5.83. The van der Waals surface area contributed by atoms with Crippen LogP contribution in [0, 0.1) is 5.82 Å². The van der Waals surface area contributed by atoms with E-state index in [1.807, 2.05) is 30.3 Å². The number of hydrogen-bond acceptors (Lipinski definition) is 6. The average Bonchev–Trinajstić information content (AvgIpc) is 3.43. The van der Waals surface area contributed by atoms with E-state index in [1.165, 1.54) is 24.3 Å². The number of halogens is 1. The highest BCUT2D eigenvalue weighted by Crippen LogP contribution is 2.35. The Hall–Kier alpha value is -3.82. The van der Waals surface area contributed by atoms with Gasteiger partial charge in [0.1, 0.15) is 36.4 Å². The quantitative estimate of drug-likeness (QED) is 0.633. The summed E-state index contributed by atoms with van der Waals surface area (Å²) in [5, 5.41) is 2.50. The molecule has 2 heterocycles. The zero-order valence-corrected chi connectivity index (χ0v) is 21.2. The van der Waals surface area contributed by atoms with Gasteiger partial charge >= 0.3 is 12.2 Å². The maximum Gasteiger partial charge on any atom is 0.410 e. The van der Waals surface area contributed by atoms with Crippen molar-refractivity contribution in [2.75, 3.05) is 19.6 Å². The molecule has 3 atom stereocenters.